The summed E-state index contributed by atoms with van der Waals surface area (Å²) in [5, 5.41) is 22.8. The van der Waals surface area contributed by atoms with E-state index in [1.54, 1.807) is 12.1 Å². The monoisotopic (exact) mass is 356 g/mol. The molecule has 3 aromatic carbocycles. The highest BCUT2D eigenvalue weighted by Crippen LogP contribution is 2.25. The lowest BCUT2D eigenvalue weighted by Gasteiger charge is -2.04. The zero-order valence-electron chi connectivity index (χ0n) is 14.3. The summed E-state index contributed by atoms with van der Waals surface area (Å²) in [6.07, 6.45) is 1.43. The van der Waals surface area contributed by atoms with E-state index < -0.39 is 5.91 Å². The van der Waals surface area contributed by atoms with Crippen LogP contribution in [0.25, 0.3) is 22.0 Å². The van der Waals surface area contributed by atoms with E-state index in [0.717, 1.165) is 16.3 Å². The molecule has 3 N–H and O–H groups in total. The van der Waals surface area contributed by atoms with E-state index in [1.165, 1.54) is 6.21 Å². The number of aromatic amines is 1. The van der Waals surface area contributed by atoms with Gasteiger partial charge in [0.15, 0.2) is 0 Å². The molecule has 0 aliphatic carbocycles. The van der Waals surface area contributed by atoms with Gasteiger partial charge >= 0.3 is 0 Å². The number of hydrazone groups is 1. The van der Waals surface area contributed by atoms with Gasteiger partial charge in [-0.05, 0) is 22.9 Å². The average Bonchev–Trinajstić information content (AvgIpc) is 3.21. The van der Waals surface area contributed by atoms with Crippen LogP contribution in [0.4, 0.5) is 0 Å². The molecule has 1 heterocycles. The van der Waals surface area contributed by atoms with Gasteiger partial charge in [0, 0.05) is 11.1 Å². The maximum absolute atomic E-state index is 12.3. The molecule has 6 nitrogen and oxygen atoms in total. The molecule has 0 bridgehead atoms. The van der Waals surface area contributed by atoms with Crippen LogP contribution in [0.15, 0.2) is 77.9 Å². The van der Waals surface area contributed by atoms with Gasteiger partial charge in [-0.2, -0.15) is 10.2 Å². The van der Waals surface area contributed by atoms with Crippen molar-refractivity contribution in [2.75, 3.05) is 0 Å². The molecular weight excluding hydrogens is 340 g/mol. The molecule has 0 fully saturated rings. The summed E-state index contributed by atoms with van der Waals surface area (Å²) < 4.78 is 0. The number of aromatic nitrogens is 2. The van der Waals surface area contributed by atoms with E-state index in [1.807, 2.05) is 60.7 Å². The Kier molecular flexibility index (Phi) is 4.37. The first-order valence-corrected chi connectivity index (χ1v) is 8.37. The number of phenols is 1. The fraction of sp³-hybridized carbons (Fsp3) is 0. The number of benzene rings is 3. The maximum atomic E-state index is 12.3. The van der Waals surface area contributed by atoms with E-state index >= 15 is 0 Å². The second-order valence-corrected chi connectivity index (χ2v) is 5.95. The topological polar surface area (TPSA) is 90.4 Å². The first-order valence-electron chi connectivity index (χ1n) is 8.37. The summed E-state index contributed by atoms with van der Waals surface area (Å²) >= 11 is 0. The molecule has 0 atom stereocenters. The van der Waals surface area contributed by atoms with Crippen LogP contribution in [0.3, 0.4) is 0 Å². The molecule has 132 valence electrons. The van der Waals surface area contributed by atoms with Crippen molar-refractivity contribution in [2.24, 2.45) is 5.10 Å². The Hall–Kier alpha value is -3.93. The normalized spacial score (nSPS) is 11.1. The molecule has 0 aliphatic heterocycles. The summed E-state index contributed by atoms with van der Waals surface area (Å²) in [6.45, 7) is 0. The molecule has 6 heteroatoms. The van der Waals surface area contributed by atoms with Gasteiger partial charge in [0.1, 0.15) is 11.4 Å². The fourth-order valence-electron chi connectivity index (χ4n) is 2.83. The number of hydrogen-bond acceptors (Lipinski definition) is 4. The Balaban J connectivity index is 1.52. The van der Waals surface area contributed by atoms with Crippen LogP contribution in [-0.2, 0) is 0 Å². The number of rotatable bonds is 4. The SMILES string of the molecule is O=C(NN=Cc1c(O)ccc2ccccc12)c1cc(-c2ccccc2)n[nH]1. The number of fused-ring (bicyclic) bond motifs is 1. The molecule has 0 aliphatic rings. The average molecular weight is 356 g/mol. The minimum atomic E-state index is -0.416. The van der Waals surface area contributed by atoms with Gasteiger partial charge in [0.05, 0.1) is 11.9 Å². The lowest BCUT2D eigenvalue weighted by Crippen LogP contribution is -2.18. The first kappa shape index (κ1) is 16.5. The highest BCUT2D eigenvalue weighted by molar-refractivity contribution is 6.03. The molecule has 0 unspecified atom stereocenters. The van der Waals surface area contributed by atoms with Crippen molar-refractivity contribution in [1.29, 1.82) is 0 Å². The quantitative estimate of drug-likeness (QED) is 0.385. The molecule has 0 spiro atoms. The molecule has 4 rings (SSSR count). The van der Waals surface area contributed by atoms with Crippen molar-refractivity contribution in [3.8, 4) is 17.0 Å². The second-order valence-electron chi connectivity index (χ2n) is 5.95. The highest BCUT2D eigenvalue weighted by atomic mass is 16.3. The van der Waals surface area contributed by atoms with Crippen molar-refractivity contribution in [2.45, 2.75) is 0 Å². The number of phenolic OH excluding ortho intramolecular Hbond substituents is 1. The van der Waals surface area contributed by atoms with Crippen LogP contribution in [-0.4, -0.2) is 27.4 Å². The number of amides is 1. The highest BCUT2D eigenvalue weighted by Gasteiger charge is 2.10. The van der Waals surface area contributed by atoms with E-state index in [9.17, 15) is 9.90 Å². The zero-order valence-corrected chi connectivity index (χ0v) is 14.3. The van der Waals surface area contributed by atoms with Crippen LogP contribution in [0.1, 0.15) is 16.1 Å². The summed E-state index contributed by atoms with van der Waals surface area (Å²) in [5.74, 6) is -0.319. The molecule has 4 aromatic rings. The number of carbonyl (C=O) groups is 1. The lowest BCUT2D eigenvalue weighted by molar-refractivity contribution is 0.0950. The van der Waals surface area contributed by atoms with E-state index in [0.29, 0.717) is 17.0 Å². The third-order valence-corrected chi connectivity index (χ3v) is 4.20. The number of H-pyrrole nitrogens is 1. The standard InChI is InChI=1S/C21H16N4O2/c26-20-11-10-14-6-4-5-9-16(14)17(20)13-22-25-21(27)19-12-18(23-24-19)15-7-2-1-3-8-15/h1-13,26H,(H,23,24)(H,25,27). The summed E-state index contributed by atoms with van der Waals surface area (Å²) in [7, 11) is 0. The molecule has 1 aromatic heterocycles. The Labute approximate surface area is 155 Å². The van der Waals surface area contributed by atoms with Crippen molar-refractivity contribution < 1.29 is 9.90 Å². The summed E-state index contributed by atoms with van der Waals surface area (Å²) in [4.78, 5) is 12.3. The van der Waals surface area contributed by atoms with Gasteiger partial charge in [0.25, 0.3) is 5.91 Å². The molecule has 0 saturated carbocycles. The fourth-order valence-corrected chi connectivity index (χ4v) is 2.83. The van der Waals surface area contributed by atoms with Crippen LogP contribution >= 0.6 is 0 Å². The van der Waals surface area contributed by atoms with Crippen molar-refractivity contribution in [3.63, 3.8) is 0 Å². The van der Waals surface area contributed by atoms with Gasteiger partial charge < -0.3 is 5.11 Å². The summed E-state index contributed by atoms with van der Waals surface area (Å²) in [6, 6.07) is 22.3. The van der Waals surface area contributed by atoms with Gasteiger partial charge in [-0.15, -0.1) is 0 Å². The van der Waals surface area contributed by atoms with Crippen molar-refractivity contribution >= 4 is 22.9 Å². The van der Waals surface area contributed by atoms with E-state index in [2.05, 4.69) is 20.7 Å². The Morgan fingerprint density at radius 2 is 1.81 bits per heavy atom. The predicted molar refractivity (Wildman–Crippen MR) is 105 cm³/mol. The van der Waals surface area contributed by atoms with Gasteiger partial charge in [-0.1, -0.05) is 60.7 Å². The van der Waals surface area contributed by atoms with Crippen LogP contribution in [0.5, 0.6) is 5.75 Å². The molecule has 1 amide bonds. The number of aromatic hydroxyl groups is 1. The molecule has 0 saturated heterocycles. The Morgan fingerprint density at radius 1 is 1.04 bits per heavy atom. The van der Waals surface area contributed by atoms with Crippen LogP contribution in [0, 0.1) is 0 Å². The van der Waals surface area contributed by atoms with Gasteiger partial charge in [0.2, 0.25) is 0 Å². The predicted octanol–water partition coefficient (Wildman–Crippen LogP) is 3.70. The number of carbonyl (C=O) groups excluding carboxylic acids is 1. The minimum absolute atomic E-state index is 0.0969. The number of nitrogens with one attached hydrogen (secondary N) is 2. The molecular formula is C21H16N4O2. The molecule has 0 radical (unpaired) electrons. The van der Waals surface area contributed by atoms with Crippen molar-refractivity contribution in [1.82, 2.24) is 15.6 Å². The van der Waals surface area contributed by atoms with Crippen molar-refractivity contribution in [3.05, 3.63) is 84.1 Å². The number of hydrogen-bond donors (Lipinski definition) is 3. The second kappa shape index (κ2) is 7.13. The number of nitrogens with zero attached hydrogens (tertiary/aromatic N) is 2. The largest absolute Gasteiger partial charge is 0.507 e. The first-order chi connectivity index (χ1) is 13.2. The summed E-state index contributed by atoms with van der Waals surface area (Å²) in [5.41, 5.74) is 4.89. The third kappa shape index (κ3) is 3.41. The Morgan fingerprint density at radius 3 is 2.67 bits per heavy atom. The van der Waals surface area contributed by atoms with Crippen LogP contribution < -0.4 is 5.43 Å². The smallest absolute Gasteiger partial charge is 0.289 e. The van der Waals surface area contributed by atoms with Gasteiger partial charge in [-0.25, -0.2) is 5.43 Å². The van der Waals surface area contributed by atoms with E-state index in [-0.39, 0.29) is 5.75 Å². The molecule has 27 heavy (non-hydrogen) atoms. The lowest BCUT2D eigenvalue weighted by atomic mass is 10.0. The third-order valence-electron chi connectivity index (χ3n) is 4.20. The van der Waals surface area contributed by atoms with Gasteiger partial charge in [-0.3, -0.25) is 9.89 Å². The minimum Gasteiger partial charge on any atom is -0.507 e. The van der Waals surface area contributed by atoms with E-state index in [4.69, 9.17) is 0 Å². The Bertz CT molecular complexity index is 1130. The van der Waals surface area contributed by atoms with Crippen LogP contribution in [0.2, 0.25) is 0 Å². The maximum Gasteiger partial charge on any atom is 0.289 e. The zero-order chi connectivity index (χ0) is 18.6.